The first-order chi connectivity index (χ1) is 14.3. The number of morpholine rings is 1. The van der Waals surface area contributed by atoms with Crippen LogP contribution in [0.4, 0.5) is 5.82 Å². The van der Waals surface area contributed by atoms with Gasteiger partial charge in [-0.05, 0) is 49.9 Å². The minimum atomic E-state index is -3.18. The Balaban J connectivity index is 1.78. The maximum absolute atomic E-state index is 12.0. The molecule has 0 radical (unpaired) electrons. The highest BCUT2D eigenvalue weighted by atomic mass is 32.2. The average molecular weight is 430 g/mol. The molecule has 0 bridgehead atoms. The lowest BCUT2D eigenvalue weighted by molar-refractivity contribution is 0.0985. The Morgan fingerprint density at radius 3 is 2.80 bits per heavy atom. The van der Waals surface area contributed by atoms with Crippen LogP contribution >= 0.6 is 0 Å². The van der Waals surface area contributed by atoms with Crippen molar-refractivity contribution in [2.24, 2.45) is 0 Å². The number of hydrogen-bond donors (Lipinski definition) is 2. The van der Waals surface area contributed by atoms with Gasteiger partial charge in [-0.3, -0.25) is 0 Å². The van der Waals surface area contributed by atoms with Crippen LogP contribution in [0.5, 0.6) is 0 Å². The van der Waals surface area contributed by atoms with Crippen molar-refractivity contribution in [1.82, 2.24) is 20.3 Å². The summed E-state index contributed by atoms with van der Waals surface area (Å²) in [4.78, 5) is 15.1. The number of anilines is 1. The van der Waals surface area contributed by atoms with Crippen LogP contribution in [0.2, 0.25) is 0 Å². The van der Waals surface area contributed by atoms with Crippen molar-refractivity contribution in [3.63, 3.8) is 0 Å². The molecule has 1 atom stereocenters. The van der Waals surface area contributed by atoms with Crippen LogP contribution in [0.3, 0.4) is 0 Å². The molecule has 3 aromatic rings. The van der Waals surface area contributed by atoms with Gasteiger partial charge in [-0.25, -0.2) is 18.4 Å². The van der Waals surface area contributed by atoms with Crippen molar-refractivity contribution in [3.05, 3.63) is 41.6 Å². The van der Waals surface area contributed by atoms with E-state index in [-0.39, 0.29) is 11.8 Å². The number of fused-ring (bicyclic) bond motifs is 1. The number of sulfone groups is 1. The molecule has 1 fully saturated rings. The second kappa shape index (κ2) is 8.33. The molecule has 0 saturated carbocycles. The highest BCUT2D eigenvalue weighted by molar-refractivity contribution is 7.89. The van der Waals surface area contributed by atoms with E-state index >= 15 is 0 Å². The third kappa shape index (κ3) is 4.63. The number of nitrogens with zero attached hydrogens (tertiary/aromatic N) is 3. The van der Waals surface area contributed by atoms with E-state index in [9.17, 15) is 8.42 Å². The van der Waals surface area contributed by atoms with E-state index in [4.69, 9.17) is 14.7 Å². The number of aromatic amines is 1. The van der Waals surface area contributed by atoms with Crippen LogP contribution in [-0.2, 0) is 26.9 Å². The van der Waals surface area contributed by atoms with E-state index in [1.807, 2.05) is 37.4 Å². The van der Waals surface area contributed by atoms with Gasteiger partial charge in [0.1, 0.15) is 5.82 Å². The normalized spacial score (nSPS) is 17.6. The second-order valence-corrected chi connectivity index (χ2v) is 10.0. The Labute approximate surface area is 176 Å². The standard InChI is InChI=1S/C21H27N5O3S/c1-14-12-29-7-6-26(14)21-9-15(13-30(3,27)28)8-19(25-21)18-5-4-17-20(24-18)10-16(23-17)11-22-2/h4-5,8-10,14,22-23H,6-7,11-13H2,1-3H3. The number of ether oxygens (including phenoxy) is 1. The number of aromatic nitrogens is 3. The average Bonchev–Trinajstić information content (AvgIpc) is 3.08. The molecule has 4 heterocycles. The topological polar surface area (TPSA) is 100 Å². The van der Waals surface area contributed by atoms with Gasteiger partial charge in [0, 0.05) is 25.0 Å². The molecule has 1 saturated heterocycles. The van der Waals surface area contributed by atoms with Crippen molar-refractivity contribution in [3.8, 4) is 11.4 Å². The lowest BCUT2D eigenvalue weighted by atomic mass is 10.1. The largest absolute Gasteiger partial charge is 0.377 e. The predicted molar refractivity (Wildman–Crippen MR) is 118 cm³/mol. The molecule has 2 N–H and O–H groups in total. The highest BCUT2D eigenvalue weighted by Gasteiger charge is 2.22. The summed E-state index contributed by atoms with van der Waals surface area (Å²) in [5, 5.41) is 3.12. The summed E-state index contributed by atoms with van der Waals surface area (Å²) >= 11 is 0. The zero-order chi connectivity index (χ0) is 21.3. The van der Waals surface area contributed by atoms with Gasteiger partial charge in [0.05, 0.1) is 47.4 Å². The van der Waals surface area contributed by atoms with Crippen LogP contribution in [0.25, 0.3) is 22.4 Å². The molecule has 1 aliphatic heterocycles. The summed E-state index contributed by atoms with van der Waals surface area (Å²) in [6.07, 6.45) is 1.25. The fraction of sp³-hybridized carbons (Fsp3) is 0.429. The first-order valence-electron chi connectivity index (χ1n) is 9.99. The van der Waals surface area contributed by atoms with Crippen molar-refractivity contribution in [1.29, 1.82) is 0 Å². The number of H-pyrrole nitrogens is 1. The molecule has 8 nitrogen and oxygen atoms in total. The van der Waals surface area contributed by atoms with Crippen LogP contribution in [0.15, 0.2) is 30.3 Å². The van der Waals surface area contributed by atoms with Crippen molar-refractivity contribution >= 4 is 26.7 Å². The van der Waals surface area contributed by atoms with Gasteiger partial charge in [-0.2, -0.15) is 0 Å². The lowest BCUT2D eigenvalue weighted by Gasteiger charge is -2.34. The molecular formula is C21H27N5O3S. The first-order valence-corrected chi connectivity index (χ1v) is 12.0. The van der Waals surface area contributed by atoms with Crippen molar-refractivity contribution in [2.75, 3.05) is 38.0 Å². The monoisotopic (exact) mass is 429 g/mol. The van der Waals surface area contributed by atoms with E-state index in [1.165, 1.54) is 6.26 Å². The van der Waals surface area contributed by atoms with E-state index < -0.39 is 9.84 Å². The van der Waals surface area contributed by atoms with E-state index in [2.05, 4.69) is 22.1 Å². The molecule has 9 heteroatoms. The van der Waals surface area contributed by atoms with Gasteiger partial charge < -0.3 is 19.9 Å². The van der Waals surface area contributed by atoms with Gasteiger partial charge in [0.25, 0.3) is 0 Å². The lowest BCUT2D eigenvalue weighted by Crippen LogP contribution is -2.44. The minimum absolute atomic E-state index is 0.0348. The molecule has 0 aromatic carbocycles. The Kier molecular flexibility index (Phi) is 5.77. The molecule has 1 aliphatic rings. The van der Waals surface area contributed by atoms with Crippen molar-refractivity contribution < 1.29 is 13.2 Å². The molecule has 1 unspecified atom stereocenters. The fourth-order valence-corrected chi connectivity index (χ4v) is 4.57. The minimum Gasteiger partial charge on any atom is -0.377 e. The van der Waals surface area contributed by atoms with E-state index in [1.54, 1.807) is 0 Å². The molecule has 4 rings (SSSR count). The molecular weight excluding hydrogens is 402 g/mol. The number of nitrogens with one attached hydrogen (secondary N) is 2. The Morgan fingerprint density at radius 1 is 1.23 bits per heavy atom. The quantitative estimate of drug-likeness (QED) is 0.619. The van der Waals surface area contributed by atoms with Gasteiger partial charge in [0.2, 0.25) is 0 Å². The van der Waals surface area contributed by atoms with E-state index in [0.29, 0.717) is 31.0 Å². The third-order valence-corrected chi connectivity index (χ3v) is 5.98. The predicted octanol–water partition coefficient (Wildman–Crippen LogP) is 2.11. The fourth-order valence-electron chi connectivity index (χ4n) is 3.80. The summed E-state index contributed by atoms with van der Waals surface area (Å²) in [5.74, 6) is 0.723. The van der Waals surface area contributed by atoms with Crippen LogP contribution in [-0.4, -0.2) is 62.5 Å². The Morgan fingerprint density at radius 2 is 2.07 bits per heavy atom. The summed E-state index contributed by atoms with van der Waals surface area (Å²) < 4.78 is 29.5. The maximum atomic E-state index is 12.0. The maximum Gasteiger partial charge on any atom is 0.151 e. The van der Waals surface area contributed by atoms with Gasteiger partial charge >= 0.3 is 0 Å². The van der Waals surface area contributed by atoms with Crippen LogP contribution in [0.1, 0.15) is 18.2 Å². The number of rotatable bonds is 6. The summed E-state index contributed by atoms with van der Waals surface area (Å²) in [7, 11) is -1.28. The number of pyridine rings is 2. The van der Waals surface area contributed by atoms with Crippen molar-refractivity contribution in [2.45, 2.75) is 25.3 Å². The molecule has 0 amide bonds. The molecule has 30 heavy (non-hydrogen) atoms. The SMILES string of the molecule is CNCc1cc2nc(-c3cc(CS(C)(=O)=O)cc(N4CCOCC4C)n3)ccc2[nH]1. The smallest absolute Gasteiger partial charge is 0.151 e. The molecule has 0 aliphatic carbocycles. The highest BCUT2D eigenvalue weighted by Crippen LogP contribution is 2.27. The summed E-state index contributed by atoms with van der Waals surface area (Å²) in [6, 6.07) is 9.77. The zero-order valence-corrected chi connectivity index (χ0v) is 18.3. The third-order valence-electron chi connectivity index (χ3n) is 5.12. The Hall–Kier alpha value is -2.49. The Bertz CT molecular complexity index is 1160. The van der Waals surface area contributed by atoms with Gasteiger partial charge in [-0.15, -0.1) is 0 Å². The number of hydrogen-bond acceptors (Lipinski definition) is 7. The zero-order valence-electron chi connectivity index (χ0n) is 17.5. The van der Waals surface area contributed by atoms with Gasteiger partial charge in [-0.1, -0.05) is 0 Å². The first kappa shape index (κ1) is 20.8. The summed E-state index contributed by atoms with van der Waals surface area (Å²) in [6.45, 7) is 4.77. The molecule has 3 aromatic heterocycles. The summed E-state index contributed by atoms with van der Waals surface area (Å²) in [5.41, 5.74) is 4.97. The molecule has 160 valence electrons. The van der Waals surface area contributed by atoms with Crippen LogP contribution in [0, 0.1) is 0 Å². The van der Waals surface area contributed by atoms with Gasteiger partial charge in [0.15, 0.2) is 9.84 Å². The second-order valence-electron chi connectivity index (χ2n) is 7.86. The van der Waals surface area contributed by atoms with Crippen LogP contribution < -0.4 is 10.2 Å². The molecule has 0 spiro atoms. The van der Waals surface area contributed by atoms with E-state index in [0.717, 1.165) is 34.8 Å².